The van der Waals surface area contributed by atoms with Crippen molar-refractivity contribution in [3.63, 3.8) is 0 Å². The van der Waals surface area contributed by atoms with Crippen molar-refractivity contribution in [3.05, 3.63) is 63.4 Å². The normalized spacial score (nSPS) is 15.2. The van der Waals surface area contributed by atoms with E-state index in [1.807, 2.05) is 24.3 Å². The van der Waals surface area contributed by atoms with Gasteiger partial charge in [0.05, 0.1) is 11.2 Å². The van der Waals surface area contributed by atoms with Crippen molar-refractivity contribution in [2.45, 2.75) is 11.2 Å². The van der Waals surface area contributed by atoms with Crippen LogP contribution in [0.3, 0.4) is 0 Å². The van der Waals surface area contributed by atoms with E-state index in [0.29, 0.717) is 16.5 Å². The third-order valence-corrected chi connectivity index (χ3v) is 5.22. The van der Waals surface area contributed by atoms with Crippen LogP contribution in [0.1, 0.15) is 21.5 Å². The molecule has 108 valence electrons. The van der Waals surface area contributed by atoms with Crippen LogP contribution in [0.4, 0.5) is 10.1 Å². The van der Waals surface area contributed by atoms with E-state index in [1.165, 1.54) is 6.07 Å². The number of hydrogen-bond donors (Lipinski definition) is 0. The molecule has 0 N–H and O–H groups in total. The van der Waals surface area contributed by atoms with Gasteiger partial charge in [-0.25, -0.2) is 4.39 Å². The molecule has 0 radical (unpaired) electrons. The summed E-state index contributed by atoms with van der Waals surface area (Å²) in [5.74, 6) is -0.178. The zero-order valence-corrected chi connectivity index (χ0v) is 14.4. The van der Waals surface area contributed by atoms with Gasteiger partial charge in [0.15, 0.2) is 0 Å². The second kappa shape index (κ2) is 5.54. The molecule has 2 aromatic rings. The monoisotopic (exact) mass is 411 g/mol. The number of rotatable bonds is 2. The lowest BCUT2D eigenvalue weighted by Gasteiger charge is -2.15. The Hall–Kier alpha value is -1.20. The van der Waals surface area contributed by atoms with E-state index in [1.54, 1.807) is 18.0 Å². The van der Waals surface area contributed by atoms with Gasteiger partial charge < -0.3 is 4.90 Å². The van der Waals surface area contributed by atoms with Crippen LogP contribution in [0.25, 0.3) is 0 Å². The molecule has 21 heavy (non-hydrogen) atoms. The summed E-state index contributed by atoms with van der Waals surface area (Å²) in [4.78, 5) is 13.1. The fraction of sp³-hybridized carbons (Fsp3) is 0.188. The summed E-state index contributed by atoms with van der Waals surface area (Å²) < 4.78 is 14.8. The highest BCUT2D eigenvalue weighted by atomic mass is 79.9. The van der Waals surface area contributed by atoms with Crippen molar-refractivity contribution in [2.75, 3.05) is 11.9 Å². The lowest BCUT2D eigenvalue weighted by molar-refractivity contribution is -0.117. The van der Waals surface area contributed by atoms with E-state index in [2.05, 4.69) is 31.9 Å². The standard InChI is InChI=1S/C16H12Br2FNO/c1-20-14-5-2-9(6-10(14)7-15(20)21)16(18)12-4-3-11(17)8-13(12)19/h2-6,8,16H,7H2,1H3. The van der Waals surface area contributed by atoms with Gasteiger partial charge in [0.1, 0.15) is 5.82 Å². The van der Waals surface area contributed by atoms with E-state index in [9.17, 15) is 9.18 Å². The largest absolute Gasteiger partial charge is 0.315 e. The highest BCUT2D eigenvalue weighted by Gasteiger charge is 2.25. The Balaban J connectivity index is 1.98. The topological polar surface area (TPSA) is 20.3 Å². The second-order valence-electron chi connectivity index (χ2n) is 5.05. The third kappa shape index (κ3) is 2.64. The van der Waals surface area contributed by atoms with E-state index in [4.69, 9.17) is 0 Å². The Kier molecular flexibility index (Phi) is 3.88. The zero-order chi connectivity index (χ0) is 15.1. The summed E-state index contributed by atoms with van der Waals surface area (Å²) in [6, 6.07) is 10.8. The molecule has 1 amide bonds. The van der Waals surface area contributed by atoms with E-state index in [-0.39, 0.29) is 16.6 Å². The maximum absolute atomic E-state index is 14.1. The smallest absolute Gasteiger partial charge is 0.231 e. The first-order valence-corrected chi connectivity index (χ1v) is 8.16. The van der Waals surface area contributed by atoms with Gasteiger partial charge in [-0.3, -0.25) is 4.79 Å². The summed E-state index contributed by atoms with van der Waals surface area (Å²) in [5.41, 5.74) is 3.44. The van der Waals surface area contributed by atoms with Crippen LogP contribution in [-0.2, 0) is 11.2 Å². The van der Waals surface area contributed by atoms with Crippen LogP contribution in [0, 0.1) is 5.82 Å². The lowest BCUT2D eigenvalue weighted by atomic mass is 10.0. The first-order valence-electron chi connectivity index (χ1n) is 6.46. The molecule has 0 aliphatic carbocycles. The van der Waals surface area contributed by atoms with Crippen molar-refractivity contribution < 1.29 is 9.18 Å². The molecular formula is C16H12Br2FNO. The maximum Gasteiger partial charge on any atom is 0.231 e. The van der Waals surface area contributed by atoms with Crippen LogP contribution in [-0.4, -0.2) is 13.0 Å². The fourth-order valence-corrected chi connectivity index (χ4v) is 3.52. The molecule has 1 heterocycles. The Morgan fingerprint density at radius 1 is 1.24 bits per heavy atom. The highest BCUT2D eigenvalue weighted by Crippen LogP contribution is 2.37. The van der Waals surface area contributed by atoms with Crippen LogP contribution in [0.2, 0.25) is 0 Å². The molecule has 1 atom stereocenters. The van der Waals surface area contributed by atoms with Crippen molar-refractivity contribution in [1.82, 2.24) is 0 Å². The number of likely N-dealkylation sites (N-methyl/N-ethyl adjacent to an activating group) is 1. The molecule has 0 saturated heterocycles. The summed E-state index contributed by atoms with van der Waals surface area (Å²) in [5, 5.41) is 0. The minimum atomic E-state index is -0.264. The molecule has 1 unspecified atom stereocenters. The van der Waals surface area contributed by atoms with E-state index >= 15 is 0 Å². The highest BCUT2D eigenvalue weighted by molar-refractivity contribution is 9.10. The average Bonchev–Trinajstić information content (AvgIpc) is 2.73. The quantitative estimate of drug-likeness (QED) is 0.660. The Bertz CT molecular complexity index is 732. The molecule has 0 spiro atoms. The Labute approximate surface area is 139 Å². The van der Waals surface area contributed by atoms with Crippen LogP contribution < -0.4 is 4.90 Å². The number of carbonyl (C=O) groups is 1. The molecule has 3 rings (SSSR count). The zero-order valence-electron chi connectivity index (χ0n) is 11.2. The number of amides is 1. The van der Waals surface area contributed by atoms with Crippen molar-refractivity contribution in [3.8, 4) is 0 Å². The molecule has 0 saturated carbocycles. The lowest BCUT2D eigenvalue weighted by Crippen LogP contribution is -2.20. The maximum atomic E-state index is 14.1. The molecule has 1 aliphatic rings. The Morgan fingerprint density at radius 2 is 2.00 bits per heavy atom. The number of nitrogens with zero attached hydrogens (tertiary/aromatic N) is 1. The van der Waals surface area contributed by atoms with Gasteiger partial charge in [-0.1, -0.05) is 50.1 Å². The van der Waals surface area contributed by atoms with Crippen molar-refractivity contribution in [1.29, 1.82) is 0 Å². The first-order chi connectivity index (χ1) is 9.97. The summed E-state index contributed by atoms with van der Waals surface area (Å²) >= 11 is 6.81. The molecule has 2 nitrogen and oxygen atoms in total. The molecule has 2 aromatic carbocycles. The number of benzene rings is 2. The minimum Gasteiger partial charge on any atom is -0.315 e. The number of anilines is 1. The molecule has 1 aliphatic heterocycles. The van der Waals surface area contributed by atoms with Crippen LogP contribution >= 0.6 is 31.9 Å². The van der Waals surface area contributed by atoms with E-state index < -0.39 is 0 Å². The Morgan fingerprint density at radius 3 is 2.71 bits per heavy atom. The van der Waals surface area contributed by atoms with Gasteiger partial charge in [0.25, 0.3) is 0 Å². The fourth-order valence-electron chi connectivity index (χ4n) is 2.53. The summed E-state index contributed by atoms with van der Waals surface area (Å²) in [6.07, 6.45) is 0.405. The van der Waals surface area contributed by atoms with Gasteiger partial charge in [0.2, 0.25) is 5.91 Å². The number of carbonyl (C=O) groups excluding carboxylic acids is 1. The van der Waals surface area contributed by atoms with E-state index in [0.717, 1.165) is 16.8 Å². The molecule has 5 heteroatoms. The summed E-state index contributed by atoms with van der Waals surface area (Å²) in [6.45, 7) is 0. The van der Waals surface area contributed by atoms with Gasteiger partial charge >= 0.3 is 0 Å². The SMILES string of the molecule is CN1C(=O)Cc2cc(C(Br)c3ccc(Br)cc3F)ccc21. The van der Waals surface area contributed by atoms with Crippen molar-refractivity contribution in [2.24, 2.45) is 0 Å². The van der Waals surface area contributed by atoms with Gasteiger partial charge in [-0.15, -0.1) is 0 Å². The minimum absolute atomic E-state index is 0.0862. The third-order valence-electron chi connectivity index (χ3n) is 3.71. The number of fused-ring (bicyclic) bond motifs is 1. The van der Waals surface area contributed by atoms with Crippen molar-refractivity contribution >= 4 is 43.5 Å². The van der Waals surface area contributed by atoms with Gasteiger partial charge in [-0.2, -0.15) is 0 Å². The number of halogens is 3. The van der Waals surface area contributed by atoms with Gasteiger partial charge in [0, 0.05) is 22.8 Å². The molecule has 0 fully saturated rings. The molecular weight excluding hydrogens is 401 g/mol. The number of hydrogen-bond acceptors (Lipinski definition) is 1. The summed E-state index contributed by atoms with van der Waals surface area (Å²) in [7, 11) is 1.77. The van der Waals surface area contributed by atoms with Crippen LogP contribution in [0.5, 0.6) is 0 Å². The molecule has 0 aromatic heterocycles. The predicted molar refractivity (Wildman–Crippen MR) is 88.4 cm³/mol. The van der Waals surface area contributed by atoms with Gasteiger partial charge in [-0.05, 0) is 29.3 Å². The first kappa shape index (κ1) is 14.7. The predicted octanol–water partition coefficient (Wildman–Crippen LogP) is 4.59. The second-order valence-corrected chi connectivity index (χ2v) is 6.88. The van der Waals surface area contributed by atoms with Crippen LogP contribution in [0.15, 0.2) is 40.9 Å². The molecule has 0 bridgehead atoms. The average molecular weight is 413 g/mol. The number of alkyl halides is 1.